The molecule has 2 N–H and O–H groups in total. The van der Waals surface area contributed by atoms with Crippen LogP contribution in [0.1, 0.15) is 19.4 Å². The van der Waals surface area contributed by atoms with Crippen molar-refractivity contribution in [2.45, 2.75) is 26.4 Å². The fourth-order valence-corrected chi connectivity index (χ4v) is 2.36. The van der Waals surface area contributed by atoms with Gasteiger partial charge in [0.1, 0.15) is 11.9 Å². The lowest BCUT2D eigenvalue weighted by atomic mass is 10.1. The van der Waals surface area contributed by atoms with Crippen LogP contribution in [-0.2, 0) is 11.2 Å². The number of aliphatic imine (C=N–C) groups is 1. The van der Waals surface area contributed by atoms with Gasteiger partial charge in [0.25, 0.3) is 0 Å². The van der Waals surface area contributed by atoms with Gasteiger partial charge >= 0.3 is 0 Å². The third kappa shape index (κ3) is 6.95. The molecule has 1 aromatic rings. The summed E-state index contributed by atoms with van der Waals surface area (Å²) >= 11 is 0. The van der Waals surface area contributed by atoms with Crippen LogP contribution in [-0.4, -0.2) is 45.4 Å². The summed E-state index contributed by atoms with van der Waals surface area (Å²) in [4.78, 5) is 4.21. The minimum absolute atomic E-state index is 0. The molecule has 1 heterocycles. The standard InChI is InChI=1S/C17H27N3O2.HI/c1-13(2)12-21-9-8-19-17(18-3)20-11-15-10-14-6-4-5-7-16(14)22-15;/h4-7,13,15H,8-12H2,1-3H3,(H2,18,19,20);1H. The van der Waals surface area contributed by atoms with Crippen molar-refractivity contribution in [1.29, 1.82) is 0 Å². The molecule has 2 rings (SSSR count). The van der Waals surface area contributed by atoms with Crippen LogP contribution in [0, 0.1) is 5.92 Å². The molecule has 0 saturated heterocycles. The molecule has 0 aliphatic carbocycles. The highest BCUT2D eigenvalue weighted by atomic mass is 127. The molecule has 0 spiro atoms. The van der Waals surface area contributed by atoms with Crippen LogP contribution in [0.4, 0.5) is 0 Å². The van der Waals surface area contributed by atoms with Crippen molar-refractivity contribution in [3.8, 4) is 5.75 Å². The van der Waals surface area contributed by atoms with E-state index in [2.05, 4.69) is 41.6 Å². The highest BCUT2D eigenvalue weighted by Crippen LogP contribution is 2.27. The van der Waals surface area contributed by atoms with Crippen molar-refractivity contribution < 1.29 is 9.47 Å². The number of rotatable bonds is 7. The molecule has 0 aromatic heterocycles. The Morgan fingerprint density at radius 3 is 2.83 bits per heavy atom. The maximum absolute atomic E-state index is 5.90. The lowest BCUT2D eigenvalue weighted by Gasteiger charge is -2.15. The summed E-state index contributed by atoms with van der Waals surface area (Å²) in [5, 5.41) is 6.55. The van der Waals surface area contributed by atoms with Crippen LogP contribution in [0.5, 0.6) is 5.75 Å². The number of benzene rings is 1. The first-order valence-corrected chi connectivity index (χ1v) is 7.96. The molecule has 1 atom stereocenters. The van der Waals surface area contributed by atoms with Crippen LogP contribution >= 0.6 is 24.0 Å². The highest BCUT2D eigenvalue weighted by Gasteiger charge is 2.22. The Bertz CT molecular complexity index is 469. The van der Waals surface area contributed by atoms with Crippen LogP contribution in [0.3, 0.4) is 0 Å². The zero-order chi connectivity index (χ0) is 15.8. The van der Waals surface area contributed by atoms with E-state index >= 15 is 0 Å². The number of para-hydroxylation sites is 1. The topological polar surface area (TPSA) is 54.9 Å². The quantitative estimate of drug-likeness (QED) is 0.300. The number of hydrogen-bond acceptors (Lipinski definition) is 3. The summed E-state index contributed by atoms with van der Waals surface area (Å²) in [5.74, 6) is 2.35. The molecule has 0 radical (unpaired) electrons. The number of fused-ring (bicyclic) bond motifs is 1. The van der Waals surface area contributed by atoms with E-state index in [4.69, 9.17) is 9.47 Å². The van der Waals surface area contributed by atoms with Crippen molar-refractivity contribution in [3.05, 3.63) is 29.8 Å². The molecule has 23 heavy (non-hydrogen) atoms. The Morgan fingerprint density at radius 2 is 2.13 bits per heavy atom. The SMILES string of the molecule is CN=C(NCCOCC(C)C)NCC1Cc2ccccc2O1.I. The van der Waals surface area contributed by atoms with Crippen molar-refractivity contribution in [2.75, 3.05) is 33.4 Å². The van der Waals surface area contributed by atoms with Crippen LogP contribution in [0.2, 0.25) is 0 Å². The van der Waals surface area contributed by atoms with Crippen LogP contribution < -0.4 is 15.4 Å². The predicted molar refractivity (Wildman–Crippen MR) is 105 cm³/mol. The summed E-state index contributed by atoms with van der Waals surface area (Å²) in [6.07, 6.45) is 1.10. The monoisotopic (exact) mass is 433 g/mol. The van der Waals surface area contributed by atoms with Gasteiger partial charge in [-0.1, -0.05) is 32.0 Å². The molecule has 6 heteroatoms. The van der Waals surface area contributed by atoms with Gasteiger partial charge in [0, 0.05) is 26.6 Å². The highest BCUT2D eigenvalue weighted by molar-refractivity contribution is 14.0. The Morgan fingerprint density at radius 1 is 1.35 bits per heavy atom. The number of nitrogens with zero attached hydrogens (tertiary/aromatic N) is 1. The molecule has 1 aliphatic rings. The second-order valence-corrected chi connectivity index (χ2v) is 5.90. The predicted octanol–water partition coefficient (Wildman–Crippen LogP) is 2.45. The van der Waals surface area contributed by atoms with E-state index in [1.54, 1.807) is 7.05 Å². The summed E-state index contributed by atoms with van der Waals surface area (Å²) in [6, 6.07) is 8.20. The average Bonchev–Trinajstić information content (AvgIpc) is 2.92. The number of ether oxygens (including phenoxy) is 2. The summed E-state index contributed by atoms with van der Waals surface area (Å²) in [7, 11) is 1.77. The molecule has 0 fully saturated rings. The van der Waals surface area contributed by atoms with Gasteiger partial charge in [0.05, 0.1) is 13.2 Å². The fourth-order valence-electron chi connectivity index (χ4n) is 2.36. The second-order valence-electron chi connectivity index (χ2n) is 5.90. The van der Waals surface area contributed by atoms with E-state index in [0.717, 1.165) is 37.8 Å². The lowest BCUT2D eigenvalue weighted by molar-refractivity contribution is 0.114. The minimum atomic E-state index is 0. The van der Waals surface area contributed by atoms with E-state index in [1.165, 1.54) is 5.56 Å². The normalized spacial score (nSPS) is 16.5. The molecule has 1 aliphatic heterocycles. The summed E-state index contributed by atoms with van der Waals surface area (Å²) in [5.41, 5.74) is 1.28. The fraction of sp³-hybridized carbons (Fsp3) is 0.588. The van der Waals surface area contributed by atoms with E-state index < -0.39 is 0 Å². The first kappa shape index (κ1) is 20.0. The molecule has 1 aromatic carbocycles. The molecule has 0 amide bonds. The van der Waals surface area contributed by atoms with Crippen molar-refractivity contribution in [3.63, 3.8) is 0 Å². The van der Waals surface area contributed by atoms with E-state index in [9.17, 15) is 0 Å². The zero-order valence-corrected chi connectivity index (χ0v) is 16.5. The van der Waals surface area contributed by atoms with Crippen molar-refractivity contribution in [1.82, 2.24) is 10.6 Å². The van der Waals surface area contributed by atoms with Crippen molar-refractivity contribution in [2.24, 2.45) is 10.9 Å². The summed E-state index contributed by atoms with van der Waals surface area (Å²) < 4.78 is 11.4. The zero-order valence-electron chi connectivity index (χ0n) is 14.2. The van der Waals surface area contributed by atoms with Gasteiger partial charge in [-0.25, -0.2) is 0 Å². The summed E-state index contributed by atoms with van der Waals surface area (Å²) in [6.45, 7) is 7.26. The Labute approximate surface area is 156 Å². The number of nitrogens with one attached hydrogen (secondary N) is 2. The molecule has 5 nitrogen and oxygen atoms in total. The van der Waals surface area contributed by atoms with E-state index in [0.29, 0.717) is 12.5 Å². The number of hydrogen-bond donors (Lipinski definition) is 2. The first-order chi connectivity index (χ1) is 10.7. The third-order valence-electron chi connectivity index (χ3n) is 3.42. The second kappa shape index (κ2) is 10.7. The molecular weight excluding hydrogens is 405 g/mol. The van der Waals surface area contributed by atoms with Gasteiger partial charge in [-0.3, -0.25) is 4.99 Å². The Kier molecular flexibility index (Phi) is 9.31. The minimum Gasteiger partial charge on any atom is -0.488 e. The van der Waals surface area contributed by atoms with Gasteiger partial charge in [0.15, 0.2) is 5.96 Å². The average molecular weight is 433 g/mol. The van der Waals surface area contributed by atoms with E-state index in [1.807, 2.05) is 12.1 Å². The van der Waals surface area contributed by atoms with Gasteiger partial charge in [-0.15, -0.1) is 24.0 Å². The Balaban J connectivity index is 0.00000264. The maximum atomic E-state index is 5.90. The first-order valence-electron chi connectivity index (χ1n) is 7.96. The molecular formula is C17H28IN3O2. The van der Waals surface area contributed by atoms with Crippen LogP contribution in [0.15, 0.2) is 29.3 Å². The van der Waals surface area contributed by atoms with Gasteiger partial charge < -0.3 is 20.1 Å². The van der Waals surface area contributed by atoms with E-state index in [-0.39, 0.29) is 30.1 Å². The lowest BCUT2D eigenvalue weighted by Crippen LogP contribution is -2.43. The molecule has 1 unspecified atom stereocenters. The molecule has 0 bridgehead atoms. The molecule has 130 valence electrons. The third-order valence-corrected chi connectivity index (χ3v) is 3.42. The Hall–Kier alpha value is -1.02. The van der Waals surface area contributed by atoms with Crippen LogP contribution in [0.25, 0.3) is 0 Å². The number of guanidine groups is 1. The maximum Gasteiger partial charge on any atom is 0.191 e. The molecule has 0 saturated carbocycles. The number of halogens is 1. The van der Waals surface area contributed by atoms with Gasteiger partial charge in [-0.05, 0) is 17.5 Å². The van der Waals surface area contributed by atoms with Gasteiger partial charge in [-0.2, -0.15) is 0 Å². The largest absolute Gasteiger partial charge is 0.488 e. The smallest absolute Gasteiger partial charge is 0.191 e. The van der Waals surface area contributed by atoms with Gasteiger partial charge in [0.2, 0.25) is 0 Å². The van der Waals surface area contributed by atoms with Crippen molar-refractivity contribution >= 4 is 29.9 Å².